The Bertz CT molecular complexity index is 495. The second-order valence-electron chi connectivity index (χ2n) is 5.51. The zero-order valence-electron chi connectivity index (χ0n) is 11.8. The van der Waals surface area contributed by atoms with E-state index < -0.39 is 0 Å². The molecule has 0 saturated carbocycles. The fourth-order valence-electron chi connectivity index (χ4n) is 2.90. The minimum atomic E-state index is 0.713. The SMILES string of the molecule is c1ccc(C2CCN(CCNCc3ccoc3)C2)cc1. The molecule has 0 bridgehead atoms. The van der Waals surface area contributed by atoms with E-state index in [1.54, 1.807) is 12.5 Å². The molecule has 3 rings (SSSR count). The third kappa shape index (κ3) is 3.50. The third-order valence-electron chi connectivity index (χ3n) is 4.06. The van der Waals surface area contributed by atoms with E-state index in [1.807, 2.05) is 6.07 Å². The minimum absolute atomic E-state index is 0.713. The van der Waals surface area contributed by atoms with E-state index >= 15 is 0 Å². The molecule has 1 unspecified atom stereocenters. The molecule has 1 saturated heterocycles. The van der Waals surface area contributed by atoms with Crippen molar-refractivity contribution in [1.29, 1.82) is 0 Å². The fraction of sp³-hybridized carbons (Fsp3) is 0.412. The Hall–Kier alpha value is -1.58. The van der Waals surface area contributed by atoms with Gasteiger partial charge in [0.2, 0.25) is 0 Å². The molecule has 1 atom stereocenters. The Morgan fingerprint density at radius 1 is 1.20 bits per heavy atom. The van der Waals surface area contributed by atoms with E-state index in [0.717, 1.165) is 19.6 Å². The first-order valence-electron chi connectivity index (χ1n) is 7.41. The molecule has 1 aromatic heterocycles. The molecule has 0 radical (unpaired) electrons. The Balaban J connectivity index is 1.38. The van der Waals surface area contributed by atoms with Gasteiger partial charge in [0, 0.05) is 31.7 Å². The molecule has 3 nitrogen and oxygen atoms in total. The lowest BCUT2D eigenvalue weighted by Crippen LogP contribution is -2.30. The van der Waals surface area contributed by atoms with Crippen LogP contribution in [0, 0.1) is 0 Å². The van der Waals surface area contributed by atoms with Gasteiger partial charge in [-0.3, -0.25) is 0 Å². The monoisotopic (exact) mass is 270 g/mol. The van der Waals surface area contributed by atoms with Gasteiger partial charge in [-0.15, -0.1) is 0 Å². The van der Waals surface area contributed by atoms with E-state index in [-0.39, 0.29) is 0 Å². The summed E-state index contributed by atoms with van der Waals surface area (Å²) < 4.78 is 5.06. The number of rotatable bonds is 6. The largest absolute Gasteiger partial charge is 0.472 e. The Kier molecular flexibility index (Phi) is 4.51. The number of hydrogen-bond donors (Lipinski definition) is 1. The summed E-state index contributed by atoms with van der Waals surface area (Å²) in [5.74, 6) is 0.713. The van der Waals surface area contributed by atoms with Crippen molar-refractivity contribution < 1.29 is 4.42 Å². The first kappa shape index (κ1) is 13.4. The highest BCUT2D eigenvalue weighted by molar-refractivity contribution is 5.21. The van der Waals surface area contributed by atoms with Gasteiger partial charge >= 0.3 is 0 Å². The lowest BCUT2D eigenvalue weighted by atomic mass is 9.99. The second-order valence-corrected chi connectivity index (χ2v) is 5.51. The number of nitrogens with one attached hydrogen (secondary N) is 1. The summed E-state index contributed by atoms with van der Waals surface area (Å²) in [7, 11) is 0. The van der Waals surface area contributed by atoms with Crippen molar-refractivity contribution in [1.82, 2.24) is 10.2 Å². The number of nitrogens with zero attached hydrogens (tertiary/aromatic N) is 1. The van der Waals surface area contributed by atoms with Crippen molar-refractivity contribution in [2.24, 2.45) is 0 Å². The molecule has 1 aliphatic rings. The van der Waals surface area contributed by atoms with E-state index in [4.69, 9.17) is 4.42 Å². The molecule has 1 aliphatic heterocycles. The van der Waals surface area contributed by atoms with Crippen molar-refractivity contribution in [2.45, 2.75) is 18.9 Å². The highest BCUT2D eigenvalue weighted by atomic mass is 16.3. The van der Waals surface area contributed by atoms with Crippen molar-refractivity contribution in [3.8, 4) is 0 Å². The maximum absolute atomic E-state index is 5.06. The quantitative estimate of drug-likeness (QED) is 0.818. The van der Waals surface area contributed by atoms with Crippen LogP contribution in [0.15, 0.2) is 53.3 Å². The van der Waals surface area contributed by atoms with Crippen LogP contribution in [0.3, 0.4) is 0 Å². The normalized spacial score (nSPS) is 19.5. The maximum atomic E-state index is 5.06. The number of hydrogen-bond acceptors (Lipinski definition) is 3. The minimum Gasteiger partial charge on any atom is -0.472 e. The zero-order chi connectivity index (χ0) is 13.6. The van der Waals surface area contributed by atoms with E-state index in [2.05, 4.69) is 40.5 Å². The molecule has 106 valence electrons. The second kappa shape index (κ2) is 6.73. The van der Waals surface area contributed by atoms with Crippen molar-refractivity contribution in [2.75, 3.05) is 26.2 Å². The van der Waals surface area contributed by atoms with Gasteiger partial charge in [0.15, 0.2) is 0 Å². The number of likely N-dealkylation sites (tertiary alicyclic amines) is 1. The van der Waals surface area contributed by atoms with Crippen molar-refractivity contribution in [3.05, 3.63) is 60.1 Å². The molecule has 1 fully saturated rings. The molecule has 1 N–H and O–H groups in total. The Labute approximate surface area is 120 Å². The van der Waals surface area contributed by atoms with Gasteiger partial charge in [0.1, 0.15) is 0 Å². The highest BCUT2D eigenvalue weighted by Gasteiger charge is 2.22. The average molecular weight is 270 g/mol. The summed E-state index contributed by atoms with van der Waals surface area (Å²) in [6.45, 7) is 5.46. The molecular formula is C17H22N2O. The van der Waals surface area contributed by atoms with Gasteiger partial charge in [-0.2, -0.15) is 0 Å². The third-order valence-corrected chi connectivity index (χ3v) is 4.06. The van der Waals surface area contributed by atoms with Crippen LogP contribution in [0.25, 0.3) is 0 Å². The van der Waals surface area contributed by atoms with E-state index in [9.17, 15) is 0 Å². The molecule has 2 aromatic rings. The Morgan fingerprint density at radius 2 is 2.10 bits per heavy atom. The van der Waals surface area contributed by atoms with Gasteiger partial charge < -0.3 is 14.6 Å². The molecule has 3 heteroatoms. The number of furan rings is 1. The topological polar surface area (TPSA) is 28.4 Å². The summed E-state index contributed by atoms with van der Waals surface area (Å²) in [5.41, 5.74) is 2.70. The van der Waals surface area contributed by atoms with Crippen LogP contribution >= 0.6 is 0 Å². The van der Waals surface area contributed by atoms with Gasteiger partial charge in [-0.1, -0.05) is 30.3 Å². The fourth-order valence-corrected chi connectivity index (χ4v) is 2.90. The predicted molar refractivity (Wildman–Crippen MR) is 80.7 cm³/mol. The maximum Gasteiger partial charge on any atom is 0.0947 e. The summed E-state index contributed by atoms with van der Waals surface area (Å²) >= 11 is 0. The smallest absolute Gasteiger partial charge is 0.0947 e. The van der Waals surface area contributed by atoms with Crippen molar-refractivity contribution in [3.63, 3.8) is 0 Å². The summed E-state index contributed by atoms with van der Waals surface area (Å²) in [4.78, 5) is 2.56. The van der Waals surface area contributed by atoms with Gasteiger partial charge in [-0.05, 0) is 30.5 Å². The first-order valence-corrected chi connectivity index (χ1v) is 7.41. The molecule has 0 spiro atoms. The molecule has 2 heterocycles. The first-order chi connectivity index (χ1) is 9.92. The van der Waals surface area contributed by atoms with Crippen LogP contribution in [0.5, 0.6) is 0 Å². The van der Waals surface area contributed by atoms with Crippen molar-refractivity contribution >= 4 is 0 Å². The average Bonchev–Trinajstić information content (AvgIpc) is 3.16. The van der Waals surface area contributed by atoms with E-state index in [0.29, 0.717) is 5.92 Å². The van der Waals surface area contributed by atoms with Crippen LogP contribution in [-0.2, 0) is 6.54 Å². The summed E-state index contributed by atoms with van der Waals surface area (Å²) in [6, 6.07) is 12.9. The standard InChI is InChI=1S/C17H22N2O/c1-2-4-16(5-3-1)17-6-9-19(13-17)10-8-18-12-15-7-11-20-14-15/h1-5,7,11,14,17-18H,6,8-10,12-13H2. The predicted octanol–water partition coefficient (Wildman–Crippen LogP) is 2.86. The summed E-state index contributed by atoms with van der Waals surface area (Å²) in [6.07, 6.45) is 4.81. The van der Waals surface area contributed by atoms with Crippen LogP contribution in [0.4, 0.5) is 0 Å². The highest BCUT2D eigenvalue weighted by Crippen LogP contribution is 2.26. The Morgan fingerprint density at radius 3 is 2.90 bits per heavy atom. The molecular weight excluding hydrogens is 248 g/mol. The molecule has 0 amide bonds. The lowest BCUT2D eigenvalue weighted by molar-refractivity contribution is 0.331. The van der Waals surface area contributed by atoms with Gasteiger partial charge in [0.05, 0.1) is 12.5 Å². The molecule has 1 aromatic carbocycles. The van der Waals surface area contributed by atoms with Crippen LogP contribution in [-0.4, -0.2) is 31.1 Å². The van der Waals surface area contributed by atoms with Gasteiger partial charge in [0.25, 0.3) is 0 Å². The van der Waals surface area contributed by atoms with Crippen LogP contribution in [0.2, 0.25) is 0 Å². The van der Waals surface area contributed by atoms with E-state index in [1.165, 1.54) is 30.6 Å². The summed E-state index contributed by atoms with van der Waals surface area (Å²) in [5, 5.41) is 3.47. The van der Waals surface area contributed by atoms with Crippen LogP contribution in [0.1, 0.15) is 23.5 Å². The number of benzene rings is 1. The zero-order valence-corrected chi connectivity index (χ0v) is 11.8. The van der Waals surface area contributed by atoms with Gasteiger partial charge in [-0.25, -0.2) is 0 Å². The lowest BCUT2D eigenvalue weighted by Gasteiger charge is -2.16. The van der Waals surface area contributed by atoms with Crippen LogP contribution < -0.4 is 5.32 Å². The molecule has 20 heavy (non-hydrogen) atoms. The molecule has 0 aliphatic carbocycles.